The highest BCUT2D eigenvalue weighted by Gasteiger charge is 2.58. The Morgan fingerprint density at radius 2 is 1.66 bits per heavy atom. The number of dihydropyridines is 1. The van der Waals surface area contributed by atoms with Crippen molar-refractivity contribution in [3.63, 3.8) is 0 Å². The SMILES string of the molecule is CC1NC=CC2=C1C1(C)C=CC=CC1N(c1nc(C3=CCCC=C3)nc(-c3ccccc3)n1)[C@@H]1c3ccccc3C(C)(C)C21. The van der Waals surface area contributed by atoms with E-state index in [1.54, 1.807) is 0 Å². The van der Waals surface area contributed by atoms with Crippen LogP contribution in [0, 0.1) is 11.3 Å². The molecule has 0 bridgehead atoms. The van der Waals surface area contributed by atoms with Crippen LogP contribution in [-0.4, -0.2) is 27.0 Å². The van der Waals surface area contributed by atoms with E-state index in [1.165, 1.54) is 22.3 Å². The molecular weight excluding hydrogens is 538 g/mol. The minimum atomic E-state index is -0.277. The molecule has 0 spiro atoms. The number of fused-ring (bicyclic) bond motifs is 6. The number of aromatic nitrogens is 3. The molecule has 1 aromatic heterocycles. The summed E-state index contributed by atoms with van der Waals surface area (Å²) in [7, 11) is 0. The van der Waals surface area contributed by atoms with E-state index in [9.17, 15) is 0 Å². The Balaban J connectivity index is 1.44. The largest absolute Gasteiger partial charge is 0.385 e. The van der Waals surface area contributed by atoms with E-state index in [-0.39, 0.29) is 34.9 Å². The standard InChI is InChI=1S/C39H39N5/c1-25-32-29(22-24-40-25)33-34(28-19-11-12-20-30(28)38(33,2)3)44(31-21-13-14-23-39(31,32)4)37-42-35(26-15-7-5-8-16-26)41-36(43-37)27-17-9-6-10-18-27/h5,7-9,11-25,31,33-34,40H,6,10H2,1-4H3/t25?,31?,33?,34-,39?/m1/s1. The second kappa shape index (κ2) is 10.0. The number of hydrogen-bond donors (Lipinski definition) is 1. The minimum absolute atomic E-state index is 0.0000398. The highest BCUT2D eigenvalue weighted by molar-refractivity contribution is 5.73. The number of anilines is 1. The molecule has 0 saturated heterocycles. The fraction of sp³-hybridized carbons (Fsp3) is 0.308. The van der Waals surface area contributed by atoms with E-state index in [1.807, 2.05) is 6.07 Å². The van der Waals surface area contributed by atoms with Crippen molar-refractivity contribution in [3.8, 4) is 11.4 Å². The van der Waals surface area contributed by atoms with Gasteiger partial charge in [-0.2, -0.15) is 9.97 Å². The van der Waals surface area contributed by atoms with Crippen molar-refractivity contribution < 1.29 is 0 Å². The first-order valence-corrected chi connectivity index (χ1v) is 16.0. The number of nitrogens with zero attached hydrogens (tertiary/aromatic N) is 4. The molecule has 0 saturated carbocycles. The summed E-state index contributed by atoms with van der Waals surface area (Å²) in [5.74, 6) is 2.38. The molecule has 5 atom stereocenters. The van der Waals surface area contributed by atoms with Crippen LogP contribution in [0.2, 0.25) is 0 Å². The molecular formula is C39H39N5. The van der Waals surface area contributed by atoms with Gasteiger partial charge < -0.3 is 10.2 Å². The highest BCUT2D eigenvalue weighted by Crippen LogP contribution is 2.61. The number of nitrogens with one attached hydrogen (secondary N) is 1. The molecule has 0 radical (unpaired) electrons. The smallest absolute Gasteiger partial charge is 0.230 e. The molecule has 44 heavy (non-hydrogen) atoms. The zero-order valence-electron chi connectivity index (χ0n) is 25.9. The topological polar surface area (TPSA) is 53.9 Å². The maximum atomic E-state index is 5.36. The summed E-state index contributed by atoms with van der Waals surface area (Å²) in [6.07, 6.45) is 22.4. The van der Waals surface area contributed by atoms with E-state index in [4.69, 9.17) is 15.0 Å². The van der Waals surface area contributed by atoms with Crippen LogP contribution in [0.5, 0.6) is 0 Å². The quantitative estimate of drug-likeness (QED) is 0.341. The van der Waals surface area contributed by atoms with Crippen LogP contribution >= 0.6 is 0 Å². The summed E-state index contributed by atoms with van der Waals surface area (Å²) < 4.78 is 0. The minimum Gasteiger partial charge on any atom is -0.385 e. The summed E-state index contributed by atoms with van der Waals surface area (Å²) in [5, 5.41) is 3.66. The average Bonchev–Trinajstić information content (AvgIpc) is 3.21. The molecule has 1 N–H and O–H groups in total. The third-order valence-electron chi connectivity index (χ3n) is 10.5. The first kappa shape index (κ1) is 27.1. The van der Waals surface area contributed by atoms with Crippen molar-refractivity contribution in [2.24, 2.45) is 11.3 Å². The van der Waals surface area contributed by atoms with Gasteiger partial charge in [0.25, 0.3) is 0 Å². The summed E-state index contributed by atoms with van der Waals surface area (Å²) in [5.41, 5.74) is 7.34. The van der Waals surface area contributed by atoms with Crippen molar-refractivity contribution in [2.45, 2.75) is 64.1 Å². The maximum Gasteiger partial charge on any atom is 0.230 e. The number of allylic oxidation sites excluding steroid dienone is 7. The molecule has 5 heteroatoms. The third kappa shape index (κ3) is 3.94. The molecule has 3 aliphatic carbocycles. The molecule has 2 aromatic carbocycles. The second-order valence-electron chi connectivity index (χ2n) is 13.5. The van der Waals surface area contributed by atoms with Crippen molar-refractivity contribution in [1.82, 2.24) is 20.3 Å². The van der Waals surface area contributed by atoms with Crippen molar-refractivity contribution >= 4 is 11.5 Å². The first-order valence-electron chi connectivity index (χ1n) is 16.0. The zero-order valence-corrected chi connectivity index (χ0v) is 25.9. The van der Waals surface area contributed by atoms with E-state index < -0.39 is 0 Å². The van der Waals surface area contributed by atoms with Crippen molar-refractivity contribution in [3.05, 3.63) is 138 Å². The van der Waals surface area contributed by atoms with Crippen LogP contribution in [0.15, 0.2) is 121 Å². The highest BCUT2D eigenvalue weighted by atomic mass is 15.3. The number of rotatable bonds is 3. The molecule has 5 nitrogen and oxygen atoms in total. The molecule has 5 aliphatic rings. The van der Waals surface area contributed by atoms with Gasteiger partial charge in [-0.25, -0.2) is 4.98 Å². The summed E-state index contributed by atoms with van der Waals surface area (Å²) in [6, 6.07) is 19.6. The van der Waals surface area contributed by atoms with Crippen molar-refractivity contribution in [2.75, 3.05) is 4.90 Å². The Morgan fingerprint density at radius 3 is 2.48 bits per heavy atom. The molecule has 3 aromatic rings. The zero-order chi connectivity index (χ0) is 30.1. The van der Waals surface area contributed by atoms with E-state index >= 15 is 0 Å². The van der Waals surface area contributed by atoms with Crippen molar-refractivity contribution in [1.29, 1.82) is 0 Å². The lowest BCUT2D eigenvalue weighted by Gasteiger charge is -2.46. The van der Waals surface area contributed by atoms with E-state index in [2.05, 4.69) is 141 Å². The number of benzene rings is 2. The van der Waals surface area contributed by atoms with Gasteiger partial charge in [0, 0.05) is 28.5 Å². The van der Waals surface area contributed by atoms with Crippen LogP contribution in [0.4, 0.5) is 5.95 Å². The van der Waals surface area contributed by atoms with Gasteiger partial charge in [-0.3, -0.25) is 0 Å². The predicted molar refractivity (Wildman–Crippen MR) is 179 cm³/mol. The Hall–Kier alpha value is -4.51. The van der Waals surface area contributed by atoms with Gasteiger partial charge >= 0.3 is 0 Å². The Kier molecular flexibility index (Phi) is 6.16. The Labute approximate surface area is 260 Å². The lowest BCUT2D eigenvalue weighted by Crippen LogP contribution is -2.50. The molecule has 4 unspecified atom stereocenters. The predicted octanol–water partition coefficient (Wildman–Crippen LogP) is 8.04. The second-order valence-corrected chi connectivity index (χ2v) is 13.5. The van der Waals surface area contributed by atoms with Crippen LogP contribution in [0.25, 0.3) is 17.0 Å². The molecule has 8 rings (SSSR count). The van der Waals surface area contributed by atoms with Gasteiger partial charge in [-0.05, 0) is 66.7 Å². The fourth-order valence-electron chi connectivity index (χ4n) is 8.59. The van der Waals surface area contributed by atoms with Gasteiger partial charge in [0.2, 0.25) is 5.95 Å². The lowest BCUT2D eigenvalue weighted by molar-refractivity contribution is 0.331. The molecule has 3 heterocycles. The Morgan fingerprint density at radius 1 is 0.864 bits per heavy atom. The normalized spacial score (nSPS) is 29.3. The van der Waals surface area contributed by atoms with Gasteiger partial charge in [0.05, 0.1) is 12.1 Å². The lowest BCUT2D eigenvalue weighted by atomic mass is 9.65. The van der Waals surface area contributed by atoms with Crippen LogP contribution in [-0.2, 0) is 5.41 Å². The maximum absolute atomic E-state index is 5.36. The third-order valence-corrected chi connectivity index (χ3v) is 10.5. The molecule has 2 aliphatic heterocycles. The van der Waals surface area contributed by atoms with Crippen LogP contribution in [0.1, 0.15) is 63.5 Å². The fourth-order valence-corrected chi connectivity index (χ4v) is 8.59. The first-order chi connectivity index (χ1) is 21.4. The summed E-state index contributed by atoms with van der Waals surface area (Å²) in [6.45, 7) is 9.57. The van der Waals surface area contributed by atoms with Gasteiger partial charge in [0.15, 0.2) is 11.6 Å². The van der Waals surface area contributed by atoms with E-state index in [0.717, 1.165) is 35.8 Å². The summed E-state index contributed by atoms with van der Waals surface area (Å²) >= 11 is 0. The molecule has 0 amide bonds. The molecule has 220 valence electrons. The average molecular weight is 578 g/mol. The molecule has 0 fully saturated rings. The van der Waals surface area contributed by atoms with Crippen LogP contribution in [0.3, 0.4) is 0 Å². The van der Waals surface area contributed by atoms with E-state index in [0.29, 0.717) is 5.82 Å². The van der Waals surface area contributed by atoms with Gasteiger partial charge in [-0.1, -0.05) is 111 Å². The Bertz CT molecular complexity index is 1820. The van der Waals surface area contributed by atoms with Gasteiger partial charge in [0.1, 0.15) is 0 Å². The monoisotopic (exact) mass is 577 g/mol. The van der Waals surface area contributed by atoms with Crippen LogP contribution < -0.4 is 10.2 Å². The van der Waals surface area contributed by atoms with Gasteiger partial charge in [-0.15, -0.1) is 0 Å². The number of hydrogen-bond acceptors (Lipinski definition) is 5. The summed E-state index contributed by atoms with van der Waals surface area (Å²) in [4.78, 5) is 18.3.